The van der Waals surface area contributed by atoms with Crippen molar-refractivity contribution in [3.63, 3.8) is 0 Å². The monoisotopic (exact) mass is 847 g/mol. The summed E-state index contributed by atoms with van der Waals surface area (Å²) < 4.78 is 42.7. The number of fused-ring (bicyclic) bond motifs is 5. The third kappa shape index (κ3) is 5.75. The number of hydrogen-bond donors (Lipinski definition) is 1. The Hall–Kier alpha value is -3.59. The fourth-order valence-electron chi connectivity index (χ4n) is 7.22. The Kier molecular flexibility index (Phi) is 9.95. The van der Waals surface area contributed by atoms with Gasteiger partial charge in [-0.15, -0.1) is 17.5 Å². The topological polar surface area (TPSA) is 67.5 Å². The van der Waals surface area contributed by atoms with E-state index in [4.69, 9.17) is 4.98 Å². The van der Waals surface area contributed by atoms with Crippen molar-refractivity contribution < 1.29 is 43.2 Å². The Bertz CT molecular complexity index is 2220. The Morgan fingerprint density at radius 1 is 0.958 bits per heavy atom. The minimum Gasteiger partial charge on any atom is -0.512 e. The summed E-state index contributed by atoms with van der Waals surface area (Å²) in [6, 6.07) is 18.9. The van der Waals surface area contributed by atoms with Gasteiger partial charge < -0.3 is 9.51 Å². The van der Waals surface area contributed by atoms with Crippen LogP contribution in [-0.4, -0.2) is 33.3 Å². The number of aliphatic hydroxyl groups is 1. The normalized spacial score (nSPS) is 14.1. The molecule has 7 rings (SSSR count). The first-order chi connectivity index (χ1) is 22.4. The molecule has 1 aliphatic heterocycles. The predicted molar refractivity (Wildman–Crippen MR) is 187 cm³/mol. The van der Waals surface area contributed by atoms with Crippen molar-refractivity contribution in [3.05, 3.63) is 78.2 Å². The first kappa shape index (κ1) is 35.7. The molecular formula is C38H39F3IrN3O2Si-. The number of imidazole rings is 1. The van der Waals surface area contributed by atoms with Crippen molar-refractivity contribution in [1.82, 2.24) is 14.4 Å². The van der Waals surface area contributed by atoms with Gasteiger partial charge in [0.05, 0.1) is 22.4 Å². The molecule has 10 heteroatoms. The third-order valence-electron chi connectivity index (χ3n) is 9.90. The maximum absolute atomic E-state index is 13.5. The van der Waals surface area contributed by atoms with Crippen LogP contribution in [0.3, 0.4) is 0 Å². The van der Waals surface area contributed by atoms with E-state index < -0.39 is 19.8 Å². The zero-order chi connectivity index (χ0) is 33.8. The molecule has 0 amide bonds. The standard InChI is InChI=1S/C25H15F3N3Si.C13H24O2.Ir/c1-32(2)19-9-5-8-18-22(19)31-21-16(10-13-6-3-4-7-15(13)23(21)32)20-17(24(31)30-18)11-14(12-29-20)25(26,27)28;1-5-10(6-2)12(14)9-13(15)11(7-3)8-4;/h3-9,11-12H,1-2H3;9-11,14H,5-8H2,1-4H3;/q-1;;/b;12-9-;. The number of aliphatic hydroxyl groups excluding tert-OH is 1. The molecule has 0 unspecified atom stereocenters. The minimum atomic E-state index is -4.48. The fourth-order valence-corrected chi connectivity index (χ4v) is 10.6. The van der Waals surface area contributed by atoms with Crippen LogP contribution >= 0.6 is 0 Å². The number of para-hydroxylation sites is 1. The molecule has 48 heavy (non-hydrogen) atoms. The summed E-state index contributed by atoms with van der Waals surface area (Å²) in [7, 11) is -2.16. The van der Waals surface area contributed by atoms with Crippen LogP contribution in [0.25, 0.3) is 49.3 Å². The van der Waals surface area contributed by atoms with E-state index in [-0.39, 0.29) is 43.5 Å². The van der Waals surface area contributed by atoms with Crippen LogP contribution in [0.15, 0.2) is 66.6 Å². The number of halogens is 3. The van der Waals surface area contributed by atoms with Crippen LogP contribution < -0.4 is 10.4 Å². The Labute approximate surface area is 292 Å². The number of aromatic nitrogens is 3. The smallest absolute Gasteiger partial charge is 0.417 e. The van der Waals surface area contributed by atoms with Gasteiger partial charge in [0.2, 0.25) is 0 Å². The van der Waals surface area contributed by atoms with Crippen LogP contribution in [-0.2, 0) is 31.1 Å². The molecule has 0 bridgehead atoms. The summed E-state index contributed by atoms with van der Waals surface area (Å²) in [5.41, 5.74) is 3.04. The number of ketones is 1. The van der Waals surface area contributed by atoms with Crippen LogP contribution in [0.5, 0.6) is 0 Å². The Morgan fingerprint density at radius 2 is 1.62 bits per heavy atom. The second-order valence-electron chi connectivity index (χ2n) is 13.0. The van der Waals surface area contributed by atoms with E-state index in [0.29, 0.717) is 16.6 Å². The molecule has 1 radical (unpaired) electrons. The van der Waals surface area contributed by atoms with Crippen molar-refractivity contribution in [2.24, 2.45) is 11.8 Å². The molecule has 6 aromatic rings. The number of carbonyl (C=O) groups excluding carboxylic acids is 1. The fraction of sp³-hybridized carbons (Fsp3) is 0.342. The van der Waals surface area contributed by atoms with Gasteiger partial charge in [-0.25, -0.2) is 4.98 Å². The van der Waals surface area contributed by atoms with Gasteiger partial charge in [-0.1, -0.05) is 87.1 Å². The van der Waals surface area contributed by atoms with E-state index in [1.165, 1.54) is 22.5 Å². The van der Waals surface area contributed by atoms with Crippen LogP contribution in [0, 0.1) is 17.9 Å². The summed E-state index contributed by atoms with van der Waals surface area (Å²) in [6.45, 7) is 12.7. The molecule has 5 nitrogen and oxygen atoms in total. The van der Waals surface area contributed by atoms with E-state index in [0.717, 1.165) is 64.6 Å². The molecular weight excluding hydrogens is 808 g/mol. The van der Waals surface area contributed by atoms with E-state index in [9.17, 15) is 23.1 Å². The van der Waals surface area contributed by atoms with Gasteiger partial charge in [0.1, 0.15) is 13.7 Å². The molecule has 1 N–H and O–H groups in total. The van der Waals surface area contributed by atoms with Gasteiger partial charge in [-0.2, -0.15) is 13.2 Å². The van der Waals surface area contributed by atoms with Gasteiger partial charge in [-0.05, 0) is 48.5 Å². The summed E-state index contributed by atoms with van der Waals surface area (Å²) in [5, 5.41) is 15.5. The van der Waals surface area contributed by atoms with Gasteiger partial charge >= 0.3 is 6.18 Å². The first-order valence-corrected chi connectivity index (χ1v) is 19.4. The largest absolute Gasteiger partial charge is 0.512 e. The van der Waals surface area contributed by atoms with Crippen LogP contribution in [0.1, 0.15) is 58.9 Å². The number of nitrogens with zero attached hydrogens (tertiary/aromatic N) is 3. The maximum Gasteiger partial charge on any atom is 0.417 e. The Balaban J connectivity index is 0.000000243. The second-order valence-corrected chi connectivity index (χ2v) is 17.2. The molecule has 1 aliphatic rings. The van der Waals surface area contributed by atoms with Crippen molar-refractivity contribution in [2.75, 3.05) is 0 Å². The number of benzene rings is 3. The summed E-state index contributed by atoms with van der Waals surface area (Å²) in [5.74, 6) is 0.547. The van der Waals surface area contributed by atoms with Crippen molar-refractivity contribution in [3.8, 4) is 0 Å². The van der Waals surface area contributed by atoms with Crippen LogP contribution in [0.4, 0.5) is 13.2 Å². The molecule has 0 atom stereocenters. The SMILES string of the molecule is CCC(CC)C(=O)/C=C(\O)C(CC)CC.C[Si]1(C)c2cccc3nc4c5cc(C(F)(F)F)cnc5c5[c-]c6ccccc6c1c5n4c23.[Ir]. The minimum absolute atomic E-state index is 0. The molecule has 253 valence electrons. The predicted octanol–water partition coefficient (Wildman–Crippen LogP) is 9.16. The van der Waals surface area contributed by atoms with Crippen molar-refractivity contribution in [1.29, 1.82) is 0 Å². The molecule has 3 aromatic carbocycles. The van der Waals surface area contributed by atoms with Gasteiger partial charge in [-0.3, -0.25) is 9.78 Å². The maximum atomic E-state index is 13.5. The number of carbonyl (C=O) groups is 1. The number of allylic oxidation sites excluding steroid dienone is 2. The summed E-state index contributed by atoms with van der Waals surface area (Å²) in [4.78, 5) is 20.9. The number of rotatable bonds is 7. The molecule has 4 heterocycles. The van der Waals surface area contributed by atoms with E-state index >= 15 is 0 Å². The van der Waals surface area contributed by atoms with E-state index in [1.54, 1.807) is 0 Å². The molecule has 0 aliphatic carbocycles. The summed E-state index contributed by atoms with van der Waals surface area (Å²) >= 11 is 0. The molecule has 0 saturated heterocycles. The van der Waals surface area contributed by atoms with Crippen molar-refractivity contribution in [2.45, 2.75) is 72.6 Å². The zero-order valence-electron chi connectivity index (χ0n) is 27.9. The quantitative estimate of drug-likeness (QED) is 0.0435. The third-order valence-corrected chi connectivity index (χ3v) is 13.4. The molecule has 0 saturated carbocycles. The first-order valence-electron chi connectivity index (χ1n) is 16.4. The van der Waals surface area contributed by atoms with Crippen LogP contribution in [0.2, 0.25) is 13.1 Å². The molecule has 0 fully saturated rings. The van der Waals surface area contributed by atoms with E-state index in [1.807, 2.05) is 58.0 Å². The average molecular weight is 847 g/mol. The molecule has 3 aromatic heterocycles. The van der Waals surface area contributed by atoms with Gasteiger partial charge in [0, 0.05) is 55.1 Å². The second kappa shape index (κ2) is 13.4. The van der Waals surface area contributed by atoms with Gasteiger partial charge in [0.25, 0.3) is 0 Å². The Morgan fingerprint density at radius 3 is 2.27 bits per heavy atom. The number of hydrogen-bond acceptors (Lipinski definition) is 4. The summed E-state index contributed by atoms with van der Waals surface area (Å²) in [6.07, 6.45) is 1.35. The van der Waals surface area contributed by atoms with Gasteiger partial charge in [0.15, 0.2) is 5.78 Å². The average Bonchev–Trinajstić information content (AvgIpc) is 3.44. The van der Waals surface area contributed by atoms with E-state index in [2.05, 4.69) is 40.7 Å². The van der Waals surface area contributed by atoms with Crippen molar-refractivity contribution >= 4 is 73.5 Å². The molecule has 0 spiro atoms. The number of alkyl halides is 3. The zero-order valence-corrected chi connectivity index (χ0v) is 31.3. The number of pyridine rings is 2.